The number of likely N-dealkylation sites (tertiary alicyclic amines) is 2. The summed E-state index contributed by atoms with van der Waals surface area (Å²) in [6.45, 7) is 6.94. The zero-order chi connectivity index (χ0) is 16.0. The van der Waals surface area contributed by atoms with Crippen molar-refractivity contribution in [1.29, 1.82) is 0 Å². The molecular formula is C18H27N5. The molecule has 0 radical (unpaired) electrons. The van der Waals surface area contributed by atoms with Crippen LogP contribution in [0.5, 0.6) is 0 Å². The van der Waals surface area contributed by atoms with E-state index in [1.807, 2.05) is 12.3 Å². The summed E-state index contributed by atoms with van der Waals surface area (Å²) < 4.78 is 2.45. The maximum absolute atomic E-state index is 5.02. The minimum absolute atomic E-state index is 0.402. The largest absolute Gasteiger partial charge is 0.297 e. The van der Waals surface area contributed by atoms with Gasteiger partial charge in [-0.1, -0.05) is 0 Å². The molecule has 2 aromatic rings. The lowest BCUT2D eigenvalue weighted by Crippen LogP contribution is -2.35. The van der Waals surface area contributed by atoms with Crippen molar-refractivity contribution in [3.63, 3.8) is 0 Å². The number of fused-ring (bicyclic) bond motifs is 1. The molecule has 0 bridgehead atoms. The van der Waals surface area contributed by atoms with Crippen LogP contribution in [0.2, 0.25) is 0 Å². The van der Waals surface area contributed by atoms with Crippen LogP contribution in [-0.4, -0.2) is 50.5 Å². The van der Waals surface area contributed by atoms with E-state index in [2.05, 4.69) is 41.3 Å². The molecule has 0 spiro atoms. The van der Waals surface area contributed by atoms with Gasteiger partial charge in [0.25, 0.3) is 0 Å². The third-order valence-electron chi connectivity index (χ3n) is 5.52. The smallest absolute Gasteiger partial charge is 0.161 e. The Kier molecular flexibility index (Phi) is 3.85. The molecule has 2 atom stereocenters. The van der Waals surface area contributed by atoms with Crippen molar-refractivity contribution in [2.45, 2.75) is 57.8 Å². The predicted molar refractivity (Wildman–Crippen MR) is 92.2 cm³/mol. The molecule has 0 amide bonds. The third-order valence-corrected chi connectivity index (χ3v) is 5.52. The van der Waals surface area contributed by atoms with Crippen molar-refractivity contribution in [2.75, 3.05) is 20.1 Å². The Balaban J connectivity index is 1.86. The van der Waals surface area contributed by atoms with Crippen LogP contribution < -0.4 is 0 Å². The van der Waals surface area contributed by atoms with Crippen LogP contribution in [0.25, 0.3) is 11.2 Å². The summed E-state index contributed by atoms with van der Waals surface area (Å²) in [5.41, 5.74) is 2.10. The first kappa shape index (κ1) is 15.1. The minimum atomic E-state index is 0.402. The quantitative estimate of drug-likeness (QED) is 0.872. The molecule has 2 aliphatic rings. The van der Waals surface area contributed by atoms with Crippen LogP contribution >= 0.6 is 0 Å². The van der Waals surface area contributed by atoms with E-state index in [-0.39, 0.29) is 0 Å². The standard InChI is InChI=1S/C18H27N5/c1-13(2)22-12-6-9-16(22)23-17-14(7-4-10-19-17)20-18(23)15-8-5-11-21(15)3/h4,7,10,13,15-16H,5-6,8-9,11-12H2,1-3H3. The van der Waals surface area contributed by atoms with Gasteiger partial charge < -0.3 is 0 Å². The van der Waals surface area contributed by atoms with Crippen molar-refractivity contribution in [2.24, 2.45) is 0 Å². The first-order chi connectivity index (χ1) is 11.2. The first-order valence-corrected chi connectivity index (χ1v) is 8.95. The third kappa shape index (κ3) is 2.46. The van der Waals surface area contributed by atoms with Gasteiger partial charge in [-0.2, -0.15) is 0 Å². The Morgan fingerprint density at radius 3 is 2.74 bits per heavy atom. The topological polar surface area (TPSA) is 37.2 Å². The molecular weight excluding hydrogens is 286 g/mol. The zero-order valence-electron chi connectivity index (χ0n) is 14.4. The average Bonchev–Trinajstić information content (AvgIpc) is 3.22. The van der Waals surface area contributed by atoms with E-state index in [1.54, 1.807) is 0 Å². The number of hydrogen-bond donors (Lipinski definition) is 0. The van der Waals surface area contributed by atoms with Gasteiger partial charge in [0.2, 0.25) is 0 Å². The number of imidazole rings is 1. The fourth-order valence-corrected chi connectivity index (χ4v) is 4.36. The van der Waals surface area contributed by atoms with Crippen molar-refractivity contribution >= 4 is 11.2 Å². The van der Waals surface area contributed by atoms with Crippen molar-refractivity contribution < 1.29 is 0 Å². The number of rotatable bonds is 3. The highest BCUT2D eigenvalue weighted by Crippen LogP contribution is 2.38. The summed E-state index contributed by atoms with van der Waals surface area (Å²) in [6, 6.07) is 5.08. The van der Waals surface area contributed by atoms with E-state index in [9.17, 15) is 0 Å². The molecule has 0 N–H and O–H groups in total. The molecule has 2 fully saturated rings. The number of aromatic nitrogens is 3. The lowest BCUT2D eigenvalue weighted by molar-refractivity contribution is 0.146. The van der Waals surface area contributed by atoms with Gasteiger partial charge in [-0.05, 0) is 65.3 Å². The van der Waals surface area contributed by atoms with Gasteiger partial charge in [0.15, 0.2) is 5.65 Å². The van der Waals surface area contributed by atoms with Gasteiger partial charge in [-0.3, -0.25) is 14.4 Å². The van der Waals surface area contributed by atoms with E-state index >= 15 is 0 Å². The van der Waals surface area contributed by atoms with Crippen LogP contribution in [0.4, 0.5) is 0 Å². The summed E-state index contributed by atoms with van der Waals surface area (Å²) >= 11 is 0. The molecule has 5 heteroatoms. The van der Waals surface area contributed by atoms with Crippen LogP contribution in [0.15, 0.2) is 18.3 Å². The second-order valence-electron chi connectivity index (χ2n) is 7.28. The van der Waals surface area contributed by atoms with Gasteiger partial charge in [-0.25, -0.2) is 9.97 Å². The average molecular weight is 313 g/mol. The molecule has 2 saturated heterocycles. The molecule has 5 nitrogen and oxygen atoms in total. The molecule has 124 valence electrons. The Morgan fingerprint density at radius 1 is 1.17 bits per heavy atom. The Bertz CT molecular complexity index is 692. The van der Waals surface area contributed by atoms with E-state index in [1.165, 1.54) is 44.6 Å². The second-order valence-corrected chi connectivity index (χ2v) is 7.28. The number of pyridine rings is 1. The lowest BCUT2D eigenvalue weighted by Gasteiger charge is -2.32. The highest BCUT2D eigenvalue weighted by molar-refractivity contribution is 5.71. The normalized spacial score (nSPS) is 26.8. The number of nitrogens with zero attached hydrogens (tertiary/aromatic N) is 5. The molecule has 23 heavy (non-hydrogen) atoms. The Hall–Kier alpha value is -1.46. The molecule has 0 saturated carbocycles. The van der Waals surface area contributed by atoms with Crippen LogP contribution in [0.3, 0.4) is 0 Å². The lowest BCUT2D eigenvalue weighted by atomic mass is 10.2. The molecule has 4 heterocycles. The zero-order valence-corrected chi connectivity index (χ0v) is 14.4. The van der Waals surface area contributed by atoms with E-state index in [4.69, 9.17) is 9.97 Å². The molecule has 4 rings (SSSR count). The van der Waals surface area contributed by atoms with Crippen molar-refractivity contribution in [1.82, 2.24) is 24.3 Å². The van der Waals surface area contributed by atoms with E-state index < -0.39 is 0 Å². The SMILES string of the molecule is CC(C)N1CCCC1n1c(C2CCCN2C)nc2cccnc21. The summed E-state index contributed by atoms with van der Waals surface area (Å²) in [5, 5.41) is 0. The van der Waals surface area contributed by atoms with Crippen molar-refractivity contribution in [3.8, 4) is 0 Å². The molecule has 0 aliphatic carbocycles. The van der Waals surface area contributed by atoms with Crippen molar-refractivity contribution in [3.05, 3.63) is 24.2 Å². The van der Waals surface area contributed by atoms with Crippen LogP contribution in [0.1, 0.15) is 57.6 Å². The van der Waals surface area contributed by atoms with Crippen LogP contribution in [0, 0.1) is 0 Å². The first-order valence-electron chi connectivity index (χ1n) is 8.95. The van der Waals surface area contributed by atoms with Gasteiger partial charge in [0.1, 0.15) is 11.3 Å². The fourth-order valence-electron chi connectivity index (χ4n) is 4.36. The molecule has 0 aromatic carbocycles. The van der Waals surface area contributed by atoms with Crippen LogP contribution in [-0.2, 0) is 0 Å². The van der Waals surface area contributed by atoms with E-state index in [0.717, 1.165) is 11.2 Å². The Labute approximate surface area is 138 Å². The summed E-state index contributed by atoms with van der Waals surface area (Å²) in [5.74, 6) is 1.22. The highest BCUT2D eigenvalue weighted by atomic mass is 15.4. The van der Waals surface area contributed by atoms with Gasteiger partial charge in [-0.15, -0.1) is 0 Å². The fraction of sp³-hybridized carbons (Fsp3) is 0.667. The molecule has 2 aromatic heterocycles. The summed E-state index contributed by atoms with van der Waals surface area (Å²) in [6.07, 6.45) is 7.22. The van der Waals surface area contributed by atoms with Gasteiger partial charge >= 0.3 is 0 Å². The predicted octanol–water partition coefficient (Wildman–Crippen LogP) is 3.20. The minimum Gasteiger partial charge on any atom is -0.297 e. The van der Waals surface area contributed by atoms with E-state index in [0.29, 0.717) is 18.2 Å². The Morgan fingerprint density at radius 2 is 2.00 bits per heavy atom. The molecule has 2 aliphatic heterocycles. The van der Waals surface area contributed by atoms with Gasteiger partial charge in [0, 0.05) is 18.8 Å². The molecule has 2 unspecified atom stereocenters. The number of hydrogen-bond acceptors (Lipinski definition) is 4. The summed E-state index contributed by atoms with van der Waals surface area (Å²) in [7, 11) is 2.23. The highest BCUT2D eigenvalue weighted by Gasteiger charge is 2.35. The summed E-state index contributed by atoms with van der Waals surface area (Å²) in [4.78, 5) is 14.8. The second kappa shape index (κ2) is 5.87. The maximum atomic E-state index is 5.02. The monoisotopic (exact) mass is 313 g/mol. The van der Waals surface area contributed by atoms with Gasteiger partial charge in [0.05, 0.1) is 12.2 Å². The maximum Gasteiger partial charge on any atom is 0.161 e.